The van der Waals surface area contributed by atoms with Crippen LogP contribution in [0.15, 0.2) is 45.8 Å². The number of nitrogens with two attached hydrogens (primary N) is 1. The molecule has 0 amide bonds. The fourth-order valence-corrected chi connectivity index (χ4v) is 3.40. The Labute approximate surface area is 133 Å². The molecule has 0 aliphatic rings. The molecule has 0 aromatic heterocycles. The Balaban J connectivity index is 2.13. The maximum atomic E-state index is 10.7. The molecule has 2 aromatic rings. The Kier molecular flexibility index (Phi) is 4.91. The predicted octanol–water partition coefficient (Wildman–Crippen LogP) is 4.89. The van der Waals surface area contributed by atoms with E-state index in [2.05, 4.69) is 15.9 Å². The van der Waals surface area contributed by atoms with Crippen molar-refractivity contribution in [1.82, 2.24) is 0 Å². The van der Waals surface area contributed by atoms with Crippen LogP contribution in [-0.2, 0) is 5.75 Å². The lowest BCUT2D eigenvalue weighted by Gasteiger charge is -2.07. The van der Waals surface area contributed by atoms with E-state index in [0.29, 0.717) is 20.9 Å². The molecule has 4 nitrogen and oxygen atoms in total. The van der Waals surface area contributed by atoms with Gasteiger partial charge in [-0.3, -0.25) is 10.1 Å². The number of benzene rings is 2. The summed E-state index contributed by atoms with van der Waals surface area (Å²) in [5.74, 6) is 0.657. The molecule has 2 N–H and O–H groups in total. The maximum Gasteiger partial charge on any atom is 0.270 e. The SMILES string of the molecule is Nc1cc(Cl)ccc1SCc1ccc([N+](=O)[O-])cc1Br. The number of anilines is 1. The summed E-state index contributed by atoms with van der Waals surface area (Å²) in [5.41, 5.74) is 7.54. The van der Waals surface area contributed by atoms with Crippen LogP contribution >= 0.6 is 39.3 Å². The average molecular weight is 374 g/mol. The Morgan fingerprint density at radius 2 is 2.05 bits per heavy atom. The molecule has 0 heterocycles. The first-order valence-electron chi connectivity index (χ1n) is 5.58. The molecule has 0 atom stereocenters. The molecule has 0 bridgehead atoms. The Morgan fingerprint density at radius 1 is 1.30 bits per heavy atom. The first kappa shape index (κ1) is 15.2. The number of nitrogens with zero attached hydrogens (tertiary/aromatic N) is 1. The number of nitro groups is 1. The number of nitro benzene ring substituents is 1. The topological polar surface area (TPSA) is 69.2 Å². The highest BCUT2D eigenvalue weighted by Crippen LogP contribution is 2.33. The Morgan fingerprint density at radius 3 is 2.65 bits per heavy atom. The van der Waals surface area contributed by atoms with Crippen molar-refractivity contribution in [2.75, 3.05) is 5.73 Å². The number of thioether (sulfide) groups is 1. The standard InChI is InChI=1S/C13H10BrClN2O2S/c14-11-6-10(17(18)19)3-1-8(11)7-20-13-4-2-9(15)5-12(13)16/h1-6H,7,16H2. The summed E-state index contributed by atoms with van der Waals surface area (Å²) in [4.78, 5) is 11.2. The van der Waals surface area contributed by atoms with Crippen LogP contribution in [0.25, 0.3) is 0 Å². The van der Waals surface area contributed by atoms with Crippen molar-refractivity contribution in [1.29, 1.82) is 0 Å². The molecule has 2 rings (SSSR count). The second kappa shape index (κ2) is 6.47. The number of non-ortho nitro benzene ring substituents is 1. The molecule has 2 aromatic carbocycles. The molecule has 104 valence electrons. The van der Waals surface area contributed by atoms with Crippen LogP contribution in [0.5, 0.6) is 0 Å². The van der Waals surface area contributed by atoms with Gasteiger partial charge in [0.15, 0.2) is 0 Å². The van der Waals surface area contributed by atoms with Crippen molar-refractivity contribution < 1.29 is 4.92 Å². The van der Waals surface area contributed by atoms with Gasteiger partial charge in [-0.05, 0) is 23.8 Å². The van der Waals surface area contributed by atoms with E-state index in [9.17, 15) is 10.1 Å². The smallest absolute Gasteiger partial charge is 0.270 e. The number of hydrogen-bond donors (Lipinski definition) is 1. The van der Waals surface area contributed by atoms with Gasteiger partial charge in [-0.1, -0.05) is 33.6 Å². The quantitative estimate of drug-likeness (QED) is 0.359. The minimum atomic E-state index is -0.418. The van der Waals surface area contributed by atoms with Crippen molar-refractivity contribution in [3.8, 4) is 0 Å². The van der Waals surface area contributed by atoms with Gasteiger partial charge in [0.2, 0.25) is 0 Å². The predicted molar refractivity (Wildman–Crippen MR) is 86.2 cm³/mol. The van der Waals surface area contributed by atoms with E-state index in [1.54, 1.807) is 30.0 Å². The lowest BCUT2D eigenvalue weighted by atomic mass is 10.2. The largest absolute Gasteiger partial charge is 0.398 e. The van der Waals surface area contributed by atoms with E-state index in [-0.39, 0.29) is 5.69 Å². The summed E-state index contributed by atoms with van der Waals surface area (Å²) in [7, 11) is 0. The molecule has 0 aliphatic carbocycles. The zero-order valence-electron chi connectivity index (χ0n) is 10.2. The first-order valence-corrected chi connectivity index (χ1v) is 7.73. The molecule has 0 fully saturated rings. The normalized spacial score (nSPS) is 10.5. The van der Waals surface area contributed by atoms with Crippen LogP contribution in [0.4, 0.5) is 11.4 Å². The van der Waals surface area contributed by atoms with Gasteiger partial charge in [-0.2, -0.15) is 0 Å². The molecular weight excluding hydrogens is 364 g/mol. The van der Waals surface area contributed by atoms with Crippen molar-refractivity contribution in [3.05, 3.63) is 61.6 Å². The van der Waals surface area contributed by atoms with Gasteiger partial charge >= 0.3 is 0 Å². The van der Waals surface area contributed by atoms with Crippen molar-refractivity contribution in [2.24, 2.45) is 0 Å². The summed E-state index contributed by atoms with van der Waals surface area (Å²) in [6.45, 7) is 0. The van der Waals surface area contributed by atoms with Gasteiger partial charge in [0.1, 0.15) is 0 Å². The third kappa shape index (κ3) is 3.65. The van der Waals surface area contributed by atoms with Gasteiger partial charge in [-0.15, -0.1) is 11.8 Å². The minimum Gasteiger partial charge on any atom is -0.398 e. The third-order valence-corrected chi connectivity index (χ3v) is 4.71. The van der Waals surface area contributed by atoms with Gasteiger partial charge in [-0.25, -0.2) is 0 Å². The molecule has 0 radical (unpaired) electrons. The van der Waals surface area contributed by atoms with Crippen molar-refractivity contribution >= 4 is 50.7 Å². The van der Waals surface area contributed by atoms with Crippen LogP contribution < -0.4 is 5.73 Å². The Hall–Kier alpha value is -1.24. The highest BCUT2D eigenvalue weighted by Gasteiger charge is 2.10. The highest BCUT2D eigenvalue weighted by molar-refractivity contribution is 9.10. The van der Waals surface area contributed by atoms with Crippen LogP contribution in [0.3, 0.4) is 0 Å². The number of hydrogen-bond acceptors (Lipinski definition) is 4. The minimum absolute atomic E-state index is 0.0663. The molecule has 0 saturated heterocycles. The van der Waals surface area contributed by atoms with E-state index in [0.717, 1.165) is 10.5 Å². The van der Waals surface area contributed by atoms with Crippen LogP contribution in [0.2, 0.25) is 5.02 Å². The maximum absolute atomic E-state index is 10.7. The van der Waals surface area contributed by atoms with Crippen molar-refractivity contribution in [3.63, 3.8) is 0 Å². The number of nitrogen functional groups attached to an aromatic ring is 1. The molecule has 0 aliphatic heterocycles. The van der Waals surface area contributed by atoms with E-state index in [1.807, 2.05) is 6.07 Å². The van der Waals surface area contributed by atoms with Crippen molar-refractivity contribution in [2.45, 2.75) is 10.6 Å². The van der Waals surface area contributed by atoms with E-state index in [4.69, 9.17) is 17.3 Å². The summed E-state index contributed by atoms with van der Waals surface area (Å²) in [6, 6.07) is 10.1. The molecule has 0 spiro atoms. The first-order chi connectivity index (χ1) is 9.47. The molecular formula is C13H10BrClN2O2S. The molecule has 0 saturated carbocycles. The summed E-state index contributed by atoms with van der Waals surface area (Å²) in [5, 5.41) is 11.3. The van der Waals surface area contributed by atoms with E-state index < -0.39 is 4.92 Å². The highest BCUT2D eigenvalue weighted by atomic mass is 79.9. The number of rotatable bonds is 4. The lowest BCUT2D eigenvalue weighted by Crippen LogP contribution is -1.91. The van der Waals surface area contributed by atoms with Gasteiger partial charge in [0.05, 0.1) is 4.92 Å². The summed E-state index contributed by atoms with van der Waals surface area (Å²) >= 11 is 10.7. The molecule has 20 heavy (non-hydrogen) atoms. The second-order valence-corrected chi connectivity index (χ2v) is 6.31. The third-order valence-electron chi connectivity index (χ3n) is 2.60. The number of halogens is 2. The van der Waals surface area contributed by atoms with Gasteiger partial charge in [0, 0.05) is 38.0 Å². The fraction of sp³-hybridized carbons (Fsp3) is 0.0769. The molecule has 0 unspecified atom stereocenters. The van der Waals surface area contributed by atoms with Crippen LogP contribution in [0, 0.1) is 10.1 Å². The van der Waals surface area contributed by atoms with Gasteiger partial charge < -0.3 is 5.73 Å². The van der Waals surface area contributed by atoms with Crippen LogP contribution in [0.1, 0.15) is 5.56 Å². The Bertz CT molecular complexity index is 667. The zero-order valence-corrected chi connectivity index (χ0v) is 13.3. The molecule has 7 heteroatoms. The second-order valence-electron chi connectivity index (χ2n) is 4.00. The monoisotopic (exact) mass is 372 g/mol. The summed E-state index contributed by atoms with van der Waals surface area (Å²) in [6.07, 6.45) is 0. The van der Waals surface area contributed by atoms with Gasteiger partial charge in [0.25, 0.3) is 5.69 Å². The lowest BCUT2D eigenvalue weighted by molar-refractivity contribution is -0.384. The zero-order chi connectivity index (χ0) is 14.7. The van der Waals surface area contributed by atoms with E-state index in [1.165, 1.54) is 12.1 Å². The average Bonchev–Trinajstić information content (AvgIpc) is 2.38. The van der Waals surface area contributed by atoms with E-state index >= 15 is 0 Å². The van der Waals surface area contributed by atoms with Crippen LogP contribution in [-0.4, -0.2) is 4.92 Å². The fourth-order valence-electron chi connectivity index (χ4n) is 1.57. The summed E-state index contributed by atoms with van der Waals surface area (Å²) < 4.78 is 0.715.